The molecule has 1 aromatic heterocycles. The molecule has 0 atom stereocenters. The summed E-state index contributed by atoms with van der Waals surface area (Å²) in [6.07, 6.45) is -2.55. The van der Waals surface area contributed by atoms with Crippen LogP contribution in [0.25, 0.3) is 0 Å². The highest BCUT2D eigenvalue weighted by atomic mass is 127. The lowest BCUT2D eigenvalue weighted by atomic mass is 10.2. The molecule has 1 rings (SSSR count). The third-order valence-electron chi connectivity index (χ3n) is 1.57. The van der Waals surface area contributed by atoms with Crippen molar-refractivity contribution in [1.82, 2.24) is 4.98 Å². The lowest BCUT2D eigenvalue weighted by molar-refractivity contribution is 0.145. The molecular weight excluding hydrogens is 310 g/mol. The Balaban J connectivity index is 3.29. The van der Waals surface area contributed by atoms with Crippen LogP contribution in [0.3, 0.4) is 0 Å². The van der Waals surface area contributed by atoms with Crippen molar-refractivity contribution in [3.8, 4) is 0 Å². The molecule has 0 N–H and O–H groups in total. The van der Waals surface area contributed by atoms with Gasteiger partial charge < -0.3 is 0 Å². The first kappa shape index (κ1) is 11.1. The van der Waals surface area contributed by atoms with Crippen LogP contribution in [0.15, 0.2) is 6.07 Å². The van der Waals surface area contributed by atoms with Crippen LogP contribution in [-0.4, -0.2) is 4.98 Å². The summed E-state index contributed by atoms with van der Waals surface area (Å²) in [5, 5.41) is 0. The van der Waals surface area contributed by atoms with Crippen molar-refractivity contribution in [3.05, 3.63) is 26.6 Å². The summed E-state index contributed by atoms with van der Waals surface area (Å²) in [5.41, 5.74) is 0.829. The minimum absolute atomic E-state index is 0.0746. The van der Waals surface area contributed by atoms with Crippen molar-refractivity contribution in [1.29, 1.82) is 0 Å². The summed E-state index contributed by atoms with van der Waals surface area (Å²) >= 11 is 7.54. The van der Waals surface area contributed by atoms with Gasteiger partial charge in [-0.25, -0.2) is 8.78 Å². The molecule has 1 nitrogen and oxygen atoms in total. The summed E-state index contributed by atoms with van der Waals surface area (Å²) in [6.45, 7) is 1.69. The van der Waals surface area contributed by atoms with Gasteiger partial charge in [0.25, 0.3) is 6.43 Å². The van der Waals surface area contributed by atoms with Gasteiger partial charge in [-0.15, -0.1) is 11.6 Å². The number of alkyl halides is 3. The van der Waals surface area contributed by atoms with Crippen LogP contribution in [0, 0.1) is 10.5 Å². The molecule has 0 radical (unpaired) electrons. The van der Waals surface area contributed by atoms with Crippen molar-refractivity contribution >= 4 is 34.2 Å². The van der Waals surface area contributed by atoms with Crippen LogP contribution in [0.4, 0.5) is 8.78 Å². The normalized spacial score (nSPS) is 10.9. The lowest BCUT2D eigenvalue weighted by Gasteiger charge is -2.08. The Labute approximate surface area is 93.6 Å². The zero-order chi connectivity index (χ0) is 10.0. The smallest absolute Gasteiger partial charge is 0.252 e. The number of pyridine rings is 1. The fourth-order valence-electron chi connectivity index (χ4n) is 0.995. The van der Waals surface area contributed by atoms with E-state index in [2.05, 4.69) is 4.98 Å². The quantitative estimate of drug-likeness (QED) is 0.599. The third-order valence-corrected chi connectivity index (χ3v) is 2.80. The highest BCUT2D eigenvalue weighted by molar-refractivity contribution is 14.1. The van der Waals surface area contributed by atoms with Gasteiger partial charge in [-0.3, -0.25) is 4.98 Å². The molecule has 0 spiro atoms. The predicted octanol–water partition coefficient (Wildman–Crippen LogP) is 3.67. The van der Waals surface area contributed by atoms with E-state index in [9.17, 15) is 8.78 Å². The number of aryl methyl sites for hydroxylation is 1. The molecule has 13 heavy (non-hydrogen) atoms. The second-order valence-corrected chi connectivity index (χ2v) is 3.97. The first-order valence-corrected chi connectivity index (χ1v) is 5.17. The average Bonchev–Trinajstić information content (AvgIpc) is 2.02. The van der Waals surface area contributed by atoms with Gasteiger partial charge in [0.2, 0.25) is 0 Å². The standard InChI is InChI=1S/C8H7ClF2IN/c1-4-2-6(12)5(3-9)7(13-4)8(10)11/h2,8H,3H2,1H3. The topological polar surface area (TPSA) is 12.9 Å². The van der Waals surface area contributed by atoms with Crippen molar-refractivity contribution in [2.45, 2.75) is 19.2 Å². The monoisotopic (exact) mass is 317 g/mol. The lowest BCUT2D eigenvalue weighted by Crippen LogP contribution is -2.01. The Morgan fingerprint density at radius 2 is 2.23 bits per heavy atom. The second-order valence-electron chi connectivity index (χ2n) is 2.54. The molecule has 0 aliphatic carbocycles. The van der Waals surface area contributed by atoms with Crippen LogP contribution in [-0.2, 0) is 5.88 Å². The Morgan fingerprint density at radius 1 is 1.62 bits per heavy atom. The van der Waals surface area contributed by atoms with Crippen LogP contribution in [0.1, 0.15) is 23.4 Å². The zero-order valence-corrected chi connectivity index (χ0v) is 9.73. The van der Waals surface area contributed by atoms with Gasteiger partial charge in [0.05, 0.1) is 5.88 Å². The maximum atomic E-state index is 12.5. The first-order valence-electron chi connectivity index (χ1n) is 3.56. The molecule has 1 aromatic rings. The maximum Gasteiger partial charge on any atom is 0.280 e. The summed E-state index contributed by atoms with van der Waals surface area (Å²) in [6, 6.07) is 1.74. The average molecular weight is 318 g/mol. The van der Waals surface area contributed by atoms with Crippen LogP contribution < -0.4 is 0 Å². The molecule has 0 aliphatic heterocycles. The highest BCUT2D eigenvalue weighted by Crippen LogP contribution is 2.26. The van der Waals surface area contributed by atoms with E-state index in [-0.39, 0.29) is 11.6 Å². The van der Waals surface area contributed by atoms with Gasteiger partial charge >= 0.3 is 0 Å². The molecule has 5 heteroatoms. The molecule has 0 saturated heterocycles. The van der Waals surface area contributed by atoms with Crippen LogP contribution in [0.2, 0.25) is 0 Å². The van der Waals surface area contributed by atoms with E-state index in [1.54, 1.807) is 13.0 Å². The molecule has 0 aromatic carbocycles. The third kappa shape index (κ3) is 2.49. The van der Waals surface area contributed by atoms with E-state index in [1.165, 1.54) is 0 Å². The van der Waals surface area contributed by atoms with Gasteiger partial charge in [0.1, 0.15) is 5.69 Å². The van der Waals surface area contributed by atoms with E-state index in [1.807, 2.05) is 22.6 Å². The molecular formula is C8H7ClF2IN. The Bertz CT molecular complexity index is 317. The Morgan fingerprint density at radius 3 is 2.69 bits per heavy atom. The largest absolute Gasteiger partial charge is 0.280 e. The molecule has 0 aliphatic rings. The van der Waals surface area contributed by atoms with Gasteiger partial charge in [0.15, 0.2) is 0 Å². The number of hydrogen-bond acceptors (Lipinski definition) is 1. The van der Waals surface area contributed by atoms with E-state index in [0.717, 1.165) is 3.57 Å². The van der Waals surface area contributed by atoms with Crippen LogP contribution >= 0.6 is 34.2 Å². The number of nitrogens with zero attached hydrogens (tertiary/aromatic N) is 1. The first-order chi connectivity index (χ1) is 6.06. The maximum absolute atomic E-state index is 12.5. The molecule has 0 saturated carbocycles. The van der Waals surface area contributed by atoms with E-state index in [0.29, 0.717) is 11.3 Å². The van der Waals surface area contributed by atoms with E-state index >= 15 is 0 Å². The van der Waals surface area contributed by atoms with Crippen molar-refractivity contribution in [2.75, 3.05) is 0 Å². The van der Waals surface area contributed by atoms with Crippen LogP contribution in [0.5, 0.6) is 0 Å². The fraction of sp³-hybridized carbons (Fsp3) is 0.375. The Hall–Kier alpha value is 0.0300. The van der Waals surface area contributed by atoms with Gasteiger partial charge in [0, 0.05) is 14.8 Å². The van der Waals surface area contributed by atoms with Crippen molar-refractivity contribution < 1.29 is 8.78 Å². The van der Waals surface area contributed by atoms with Gasteiger partial charge in [-0.05, 0) is 35.6 Å². The van der Waals surface area contributed by atoms with E-state index < -0.39 is 6.43 Å². The zero-order valence-electron chi connectivity index (χ0n) is 6.82. The number of rotatable bonds is 2. The summed E-state index contributed by atoms with van der Waals surface area (Å²) in [7, 11) is 0. The van der Waals surface area contributed by atoms with Crippen molar-refractivity contribution in [2.24, 2.45) is 0 Å². The molecule has 0 unspecified atom stereocenters. The van der Waals surface area contributed by atoms with Crippen molar-refractivity contribution in [3.63, 3.8) is 0 Å². The Kier molecular flexibility index (Phi) is 3.85. The molecule has 0 amide bonds. The molecule has 1 heterocycles. The molecule has 0 fully saturated rings. The number of aromatic nitrogens is 1. The molecule has 72 valence electrons. The SMILES string of the molecule is Cc1cc(I)c(CCl)c(C(F)F)n1. The number of hydrogen-bond donors (Lipinski definition) is 0. The predicted molar refractivity (Wildman–Crippen MR) is 56.2 cm³/mol. The van der Waals surface area contributed by atoms with E-state index in [4.69, 9.17) is 11.6 Å². The second kappa shape index (κ2) is 4.50. The summed E-state index contributed by atoms with van der Waals surface area (Å²) in [5.74, 6) is 0.0746. The summed E-state index contributed by atoms with van der Waals surface area (Å²) < 4.78 is 25.6. The summed E-state index contributed by atoms with van der Waals surface area (Å²) in [4.78, 5) is 3.77. The minimum Gasteiger partial charge on any atom is -0.252 e. The van der Waals surface area contributed by atoms with Gasteiger partial charge in [-0.2, -0.15) is 0 Å². The highest BCUT2D eigenvalue weighted by Gasteiger charge is 2.17. The van der Waals surface area contributed by atoms with Gasteiger partial charge in [-0.1, -0.05) is 0 Å². The minimum atomic E-state index is -2.55. The fourth-order valence-corrected chi connectivity index (χ4v) is 2.42. The number of halogens is 4. The molecule has 0 bridgehead atoms.